The lowest BCUT2D eigenvalue weighted by Gasteiger charge is -2.26. The number of rotatable bonds is 39. The minimum Gasteiger partial charge on any atom is -0.370 e. The summed E-state index contributed by atoms with van der Waals surface area (Å²) in [6, 6.07) is -1.47. The Labute approximate surface area is 321 Å². The van der Waals surface area contributed by atoms with E-state index >= 15 is 0 Å². The maximum absolute atomic E-state index is 13.4. The smallest absolute Gasteiger partial charge is 0.241 e. The molecule has 0 fully saturated rings. The first-order valence-electron chi connectivity index (χ1n) is 22.1. The maximum atomic E-state index is 13.4. The summed E-state index contributed by atoms with van der Waals surface area (Å²) in [7, 11) is 0. The highest BCUT2D eigenvalue weighted by Crippen LogP contribution is 2.14. The van der Waals surface area contributed by atoms with Crippen LogP contribution < -0.4 is 27.8 Å². The highest BCUT2D eigenvalue weighted by Gasteiger charge is 2.22. The van der Waals surface area contributed by atoms with E-state index < -0.39 is 12.1 Å². The van der Waals surface area contributed by atoms with Crippen molar-refractivity contribution in [1.82, 2.24) is 15.5 Å². The normalized spacial score (nSPS) is 12.6. The van der Waals surface area contributed by atoms with Gasteiger partial charge in [0.2, 0.25) is 11.8 Å². The van der Waals surface area contributed by atoms with Crippen molar-refractivity contribution in [2.75, 3.05) is 26.2 Å². The van der Waals surface area contributed by atoms with E-state index in [0.717, 1.165) is 38.8 Å². The third-order valence-corrected chi connectivity index (χ3v) is 10.2. The van der Waals surface area contributed by atoms with Crippen molar-refractivity contribution in [2.24, 2.45) is 17.2 Å². The summed E-state index contributed by atoms with van der Waals surface area (Å²) in [6.45, 7) is 6.57. The van der Waals surface area contributed by atoms with Gasteiger partial charge in [-0.3, -0.25) is 15.0 Å². The molecule has 9 nitrogen and oxygen atoms in total. The molecule has 0 aliphatic carbocycles. The van der Waals surface area contributed by atoms with E-state index in [0.29, 0.717) is 19.4 Å². The Morgan fingerprint density at radius 3 is 1.35 bits per heavy atom. The molecule has 2 atom stereocenters. The van der Waals surface area contributed by atoms with Crippen molar-refractivity contribution < 1.29 is 9.59 Å². The van der Waals surface area contributed by atoms with Crippen molar-refractivity contribution in [3.05, 3.63) is 12.2 Å². The summed E-state index contributed by atoms with van der Waals surface area (Å²) in [4.78, 5) is 27.9. The Bertz CT molecular complexity index is 853. The fourth-order valence-electron chi connectivity index (χ4n) is 6.72. The number of allylic oxidation sites excluding steroid dienone is 2. The van der Waals surface area contributed by atoms with Gasteiger partial charge in [0, 0.05) is 26.2 Å². The minimum atomic E-state index is -0.781. The van der Waals surface area contributed by atoms with Crippen LogP contribution in [-0.2, 0) is 9.59 Å². The second-order valence-corrected chi connectivity index (χ2v) is 15.3. The van der Waals surface area contributed by atoms with Crippen LogP contribution in [0.4, 0.5) is 0 Å². The Hall–Kier alpha value is -2.13. The predicted molar refractivity (Wildman–Crippen MR) is 224 cm³/mol. The molecule has 9 N–H and O–H groups in total. The molecule has 0 aromatic rings. The number of nitrogens with two attached hydrogens (primary N) is 3. The zero-order chi connectivity index (χ0) is 38.3. The maximum Gasteiger partial charge on any atom is 0.241 e. The molecule has 0 rings (SSSR count). The van der Waals surface area contributed by atoms with Crippen LogP contribution in [0.25, 0.3) is 0 Å². The fraction of sp³-hybridized carbons (Fsp3) is 0.884. The van der Waals surface area contributed by atoms with Gasteiger partial charge in [-0.05, 0) is 51.4 Å². The van der Waals surface area contributed by atoms with Gasteiger partial charge in [-0.15, -0.1) is 0 Å². The van der Waals surface area contributed by atoms with E-state index in [2.05, 4.69) is 36.6 Å². The molecule has 0 aromatic carbocycles. The van der Waals surface area contributed by atoms with Gasteiger partial charge < -0.3 is 32.7 Å². The Balaban J connectivity index is 4.43. The summed E-state index contributed by atoms with van der Waals surface area (Å²) in [5, 5.41) is 12.7. The van der Waals surface area contributed by atoms with Crippen molar-refractivity contribution in [2.45, 2.75) is 219 Å². The molecule has 0 bridgehead atoms. The number of carbonyl (C=O) groups is 2. The molecule has 0 spiro atoms. The summed E-state index contributed by atoms with van der Waals surface area (Å²) in [6.07, 6.45) is 41.8. The summed E-state index contributed by atoms with van der Waals surface area (Å²) < 4.78 is 0. The van der Waals surface area contributed by atoms with E-state index in [-0.39, 0.29) is 24.3 Å². The summed E-state index contributed by atoms with van der Waals surface area (Å²) in [5.41, 5.74) is 17.7. The molecule has 0 radical (unpaired) electrons. The van der Waals surface area contributed by atoms with Gasteiger partial charge in [0.15, 0.2) is 5.96 Å². The van der Waals surface area contributed by atoms with Crippen LogP contribution in [0.2, 0.25) is 0 Å². The molecule has 0 saturated carbocycles. The fourth-order valence-corrected chi connectivity index (χ4v) is 6.72. The molecule has 52 heavy (non-hydrogen) atoms. The molecule has 0 aliphatic heterocycles. The van der Waals surface area contributed by atoms with Crippen molar-refractivity contribution >= 4 is 17.8 Å². The minimum absolute atomic E-state index is 0.0815. The first-order chi connectivity index (χ1) is 25.3. The summed E-state index contributed by atoms with van der Waals surface area (Å²) in [5.74, 6) is -0.488. The lowest BCUT2D eigenvalue weighted by Crippen LogP contribution is -2.52. The molecule has 0 heterocycles. The Morgan fingerprint density at radius 2 is 0.942 bits per heavy atom. The highest BCUT2D eigenvalue weighted by molar-refractivity contribution is 5.85. The molecule has 9 heteroatoms. The van der Waals surface area contributed by atoms with Crippen LogP contribution in [0.15, 0.2) is 12.2 Å². The number of amides is 2. The third kappa shape index (κ3) is 33.7. The largest absolute Gasteiger partial charge is 0.370 e. The number of guanidine groups is 1. The van der Waals surface area contributed by atoms with Gasteiger partial charge in [0.1, 0.15) is 6.04 Å². The van der Waals surface area contributed by atoms with Crippen molar-refractivity contribution in [3.8, 4) is 0 Å². The van der Waals surface area contributed by atoms with Crippen LogP contribution in [0.1, 0.15) is 206 Å². The van der Waals surface area contributed by atoms with Crippen molar-refractivity contribution in [1.29, 1.82) is 5.41 Å². The summed E-state index contributed by atoms with van der Waals surface area (Å²) >= 11 is 0. The molecule has 0 aliphatic rings. The molecule has 0 unspecified atom stereocenters. The van der Waals surface area contributed by atoms with Crippen LogP contribution >= 0.6 is 0 Å². The SMILES string of the molecule is CCCCCCCC/C=C\CCCCCCCCN(CCCCCCCCCCCCCCCC)C(=O)[C@@H](N)CNC(=O)[C@@H](N)CCCNC(=N)N. The number of unbranched alkanes of at least 4 members (excludes halogenated alkanes) is 25. The standard InChI is InChI=1S/C43H87N7O2/c1-3-5-7-9-11-13-15-17-19-20-22-24-26-28-30-32-37-50(36-31-29-27-25-23-21-18-16-14-12-10-8-6-4-2)42(52)40(45)38-49-41(51)39(44)34-33-35-48-43(46)47/h17,19,39-40H,3-16,18,20-38,44-45H2,1-2H3,(H,49,51)(H4,46,47,48)/b19-17-/t39-,40-/m0/s1. The first kappa shape index (κ1) is 49.9. The van der Waals surface area contributed by atoms with E-state index in [9.17, 15) is 9.59 Å². The van der Waals surface area contributed by atoms with E-state index in [4.69, 9.17) is 22.6 Å². The van der Waals surface area contributed by atoms with E-state index in [1.54, 1.807) is 0 Å². The highest BCUT2D eigenvalue weighted by atomic mass is 16.2. The van der Waals surface area contributed by atoms with Gasteiger partial charge in [-0.25, -0.2) is 0 Å². The van der Waals surface area contributed by atoms with Gasteiger partial charge in [0.25, 0.3) is 0 Å². The quantitative estimate of drug-likeness (QED) is 0.0160. The lowest BCUT2D eigenvalue weighted by molar-refractivity contribution is -0.133. The van der Waals surface area contributed by atoms with Gasteiger partial charge in [0.05, 0.1) is 6.04 Å². The molecular formula is C43H87N7O2. The zero-order valence-corrected chi connectivity index (χ0v) is 34.3. The average molecular weight is 734 g/mol. The number of hydrogen-bond acceptors (Lipinski definition) is 5. The lowest BCUT2D eigenvalue weighted by atomic mass is 10.0. The Kier molecular flexibility index (Phi) is 37.0. The van der Waals surface area contributed by atoms with Gasteiger partial charge >= 0.3 is 0 Å². The number of nitrogens with zero attached hydrogens (tertiary/aromatic N) is 1. The van der Waals surface area contributed by atoms with Crippen LogP contribution in [0.3, 0.4) is 0 Å². The topological polar surface area (TPSA) is 163 Å². The molecule has 2 amide bonds. The van der Waals surface area contributed by atoms with Gasteiger partial charge in [-0.2, -0.15) is 0 Å². The van der Waals surface area contributed by atoms with E-state index in [1.807, 2.05) is 4.90 Å². The van der Waals surface area contributed by atoms with Gasteiger partial charge in [-0.1, -0.05) is 167 Å². The van der Waals surface area contributed by atoms with Crippen LogP contribution in [-0.4, -0.2) is 60.9 Å². The van der Waals surface area contributed by atoms with Crippen molar-refractivity contribution in [3.63, 3.8) is 0 Å². The molecular weight excluding hydrogens is 647 g/mol. The van der Waals surface area contributed by atoms with Crippen LogP contribution in [0.5, 0.6) is 0 Å². The number of nitrogens with one attached hydrogen (secondary N) is 3. The zero-order valence-electron chi connectivity index (χ0n) is 34.3. The molecule has 0 saturated heterocycles. The number of carbonyl (C=O) groups excluding carboxylic acids is 2. The first-order valence-corrected chi connectivity index (χ1v) is 22.1. The molecule has 0 aromatic heterocycles. The van der Waals surface area contributed by atoms with Crippen LogP contribution in [0, 0.1) is 5.41 Å². The second-order valence-electron chi connectivity index (χ2n) is 15.3. The molecule has 306 valence electrons. The monoisotopic (exact) mass is 734 g/mol. The Morgan fingerprint density at radius 1 is 0.558 bits per heavy atom. The predicted octanol–water partition coefficient (Wildman–Crippen LogP) is 9.37. The third-order valence-electron chi connectivity index (χ3n) is 10.2. The van der Waals surface area contributed by atoms with E-state index in [1.165, 1.54) is 154 Å². The number of hydrogen-bond donors (Lipinski definition) is 6. The second kappa shape index (κ2) is 38.6. The average Bonchev–Trinajstić information content (AvgIpc) is 3.13.